The number of halogens is 2. The molecule has 6 nitrogen and oxygen atoms in total. The van der Waals surface area contributed by atoms with Crippen molar-refractivity contribution in [3.05, 3.63) is 87.4 Å². The largest absolute Gasteiger partial charge is 0.493 e. The number of ether oxygens (including phenoxy) is 2. The molecule has 0 bridgehead atoms. The predicted molar refractivity (Wildman–Crippen MR) is 138 cm³/mol. The van der Waals surface area contributed by atoms with Gasteiger partial charge in [0.2, 0.25) is 0 Å². The number of carboxylic acids is 1. The van der Waals surface area contributed by atoms with E-state index in [0.29, 0.717) is 52.3 Å². The lowest BCUT2D eigenvalue weighted by Crippen LogP contribution is -2.32. The van der Waals surface area contributed by atoms with Gasteiger partial charge < -0.3 is 19.9 Å². The second-order valence-electron chi connectivity index (χ2n) is 9.21. The van der Waals surface area contributed by atoms with Crippen LogP contribution in [0.1, 0.15) is 59.0 Å². The quantitative estimate of drug-likeness (QED) is 0.369. The van der Waals surface area contributed by atoms with Crippen LogP contribution >= 0.6 is 23.2 Å². The molecule has 3 aromatic carbocycles. The summed E-state index contributed by atoms with van der Waals surface area (Å²) in [6.45, 7) is 0.316. The molecule has 1 heterocycles. The molecule has 3 aromatic rings. The fourth-order valence-corrected chi connectivity index (χ4v) is 5.28. The molecule has 36 heavy (non-hydrogen) atoms. The molecular weight excluding hydrogens is 501 g/mol. The van der Waals surface area contributed by atoms with Crippen LogP contribution in [0.15, 0.2) is 60.7 Å². The molecule has 0 spiro atoms. The number of hydrogen-bond acceptors (Lipinski definition) is 4. The summed E-state index contributed by atoms with van der Waals surface area (Å²) in [5.74, 6) is 0.0522. The molecule has 1 aliphatic heterocycles. The highest BCUT2D eigenvalue weighted by molar-refractivity contribution is 6.32. The zero-order valence-electron chi connectivity index (χ0n) is 19.4. The van der Waals surface area contributed by atoms with E-state index in [4.69, 9.17) is 32.7 Å². The zero-order valence-corrected chi connectivity index (χ0v) is 20.9. The van der Waals surface area contributed by atoms with Gasteiger partial charge in [-0.25, -0.2) is 0 Å². The molecule has 3 unspecified atom stereocenters. The molecule has 2 N–H and O–H groups in total. The van der Waals surface area contributed by atoms with Crippen molar-refractivity contribution in [2.24, 2.45) is 0 Å². The zero-order chi connectivity index (χ0) is 25.2. The summed E-state index contributed by atoms with van der Waals surface area (Å²) in [5, 5.41) is 13.6. The number of rotatable bonds is 6. The molecule has 1 fully saturated rings. The third-order valence-electron chi connectivity index (χ3n) is 6.86. The molecule has 1 aliphatic carbocycles. The lowest BCUT2D eigenvalue weighted by atomic mass is 9.93. The summed E-state index contributed by atoms with van der Waals surface area (Å²) in [5.41, 5.74) is 2.34. The lowest BCUT2D eigenvalue weighted by Gasteiger charge is -2.24. The summed E-state index contributed by atoms with van der Waals surface area (Å²) in [6, 6.07) is 18.1. The molecule has 3 atom stereocenters. The van der Waals surface area contributed by atoms with E-state index in [2.05, 4.69) is 17.4 Å². The van der Waals surface area contributed by atoms with Gasteiger partial charge in [0.25, 0.3) is 5.91 Å². The Labute approximate surface area is 219 Å². The monoisotopic (exact) mass is 525 g/mol. The fraction of sp³-hybridized carbons (Fsp3) is 0.286. The van der Waals surface area contributed by atoms with Gasteiger partial charge in [-0.2, -0.15) is 0 Å². The third-order valence-corrected chi connectivity index (χ3v) is 7.40. The smallest absolute Gasteiger partial charge is 0.311 e. The van der Waals surface area contributed by atoms with Crippen molar-refractivity contribution >= 4 is 35.1 Å². The van der Waals surface area contributed by atoms with Gasteiger partial charge in [0.15, 0.2) is 0 Å². The first-order chi connectivity index (χ1) is 17.4. The van der Waals surface area contributed by atoms with Crippen LogP contribution in [0.2, 0.25) is 10.0 Å². The Hall–Kier alpha value is -3.22. The van der Waals surface area contributed by atoms with Crippen LogP contribution in [0.25, 0.3) is 0 Å². The normalized spacial score (nSPS) is 20.8. The Morgan fingerprint density at radius 3 is 2.44 bits per heavy atom. The van der Waals surface area contributed by atoms with Crippen molar-refractivity contribution in [2.75, 3.05) is 6.61 Å². The number of benzene rings is 3. The van der Waals surface area contributed by atoms with Gasteiger partial charge in [0.1, 0.15) is 17.2 Å². The van der Waals surface area contributed by atoms with Crippen LogP contribution in [0, 0.1) is 0 Å². The van der Waals surface area contributed by atoms with Crippen LogP contribution < -0.4 is 14.8 Å². The number of hydrogen-bond donors (Lipinski definition) is 2. The Bertz CT molecular complexity index is 1280. The minimum atomic E-state index is -0.906. The van der Waals surface area contributed by atoms with Gasteiger partial charge in [-0.05, 0) is 79.6 Å². The van der Waals surface area contributed by atoms with Crippen molar-refractivity contribution in [3.63, 3.8) is 0 Å². The lowest BCUT2D eigenvalue weighted by molar-refractivity contribution is -0.139. The van der Waals surface area contributed by atoms with Crippen molar-refractivity contribution in [1.29, 1.82) is 0 Å². The summed E-state index contributed by atoms with van der Waals surface area (Å²) in [4.78, 5) is 24.3. The maximum absolute atomic E-state index is 12.8. The Balaban J connectivity index is 1.21. The first kappa shape index (κ1) is 24.5. The van der Waals surface area contributed by atoms with Crippen LogP contribution in [-0.2, 0) is 4.79 Å². The Morgan fingerprint density at radius 2 is 1.72 bits per heavy atom. The number of aliphatic carboxylic acids is 1. The highest BCUT2D eigenvalue weighted by atomic mass is 35.5. The Morgan fingerprint density at radius 1 is 0.972 bits per heavy atom. The van der Waals surface area contributed by atoms with Crippen LogP contribution in [0.5, 0.6) is 17.2 Å². The summed E-state index contributed by atoms with van der Waals surface area (Å²) in [7, 11) is 0. The van der Waals surface area contributed by atoms with Crippen molar-refractivity contribution < 1.29 is 24.2 Å². The number of nitrogens with one attached hydrogen (secondary N) is 1. The van der Waals surface area contributed by atoms with Gasteiger partial charge >= 0.3 is 5.97 Å². The SMILES string of the molecule is O=C(NC1CCC(c2ccc(Cl)cc2)C1)c1ccc(Oc2cc3c(cc2Cl)C(C(=O)O)CCO3)cc1. The van der Waals surface area contributed by atoms with Crippen molar-refractivity contribution in [2.45, 2.75) is 43.6 Å². The molecule has 2 aliphatic rings. The van der Waals surface area contributed by atoms with E-state index in [1.54, 1.807) is 36.4 Å². The van der Waals surface area contributed by atoms with E-state index >= 15 is 0 Å². The van der Waals surface area contributed by atoms with Crippen molar-refractivity contribution in [3.8, 4) is 17.2 Å². The van der Waals surface area contributed by atoms with Crippen LogP contribution in [0.3, 0.4) is 0 Å². The standard InChI is InChI=1S/C28H25Cl2NO5/c29-19-6-1-16(2-7-19)18-3-8-20(13-18)31-27(32)17-4-9-21(10-5-17)36-26-15-25-23(14-24(26)30)22(28(33)34)11-12-35-25/h1-2,4-7,9-10,14-15,18,20,22H,3,8,11-13H2,(H,31,32)(H,33,34). The van der Waals surface area contributed by atoms with E-state index in [1.165, 1.54) is 5.56 Å². The third kappa shape index (κ3) is 5.30. The van der Waals surface area contributed by atoms with Crippen molar-refractivity contribution in [1.82, 2.24) is 5.32 Å². The summed E-state index contributed by atoms with van der Waals surface area (Å²) >= 11 is 12.4. The number of carbonyl (C=O) groups excluding carboxylic acids is 1. The summed E-state index contributed by atoms with van der Waals surface area (Å²) < 4.78 is 11.5. The average Bonchev–Trinajstić information content (AvgIpc) is 3.33. The average molecular weight is 526 g/mol. The maximum atomic E-state index is 12.8. The number of carbonyl (C=O) groups is 2. The molecule has 0 saturated heterocycles. The van der Waals surface area contributed by atoms with Gasteiger partial charge in [-0.3, -0.25) is 9.59 Å². The van der Waals surface area contributed by atoms with Crippen LogP contribution in [-0.4, -0.2) is 29.6 Å². The van der Waals surface area contributed by atoms with E-state index in [-0.39, 0.29) is 11.9 Å². The molecule has 186 valence electrons. The number of carboxylic acid groups (broad SMARTS) is 1. The van der Waals surface area contributed by atoms with E-state index in [1.807, 2.05) is 12.1 Å². The van der Waals surface area contributed by atoms with Gasteiger partial charge in [-0.1, -0.05) is 35.3 Å². The fourth-order valence-electron chi connectivity index (χ4n) is 4.94. The molecule has 8 heteroatoms. The first-order valence-electron chi connectivity index (χ1n) is 11.9. The van der Waals surface area contributed by atoms with E-state index < -0.39 is 11.9 Å². The molecule has 0 aromatic heterocycles. The molecule has 0 radical (unpaired) electrons. The topological polar surface area (TPSA) is 84.9 Å². The summed E-state index contributed by atoms with van der Waals surface area (Å²) in [6.07, 6.45) is 3.25. The maximum Gasteiger partial charge on any atom is 0.311 e. The highest BCUT2D eigenvalue weighted by Crippen LogP contribution is 2.42. The van der Waals surface area contributed by atoms with Crippen LogP contribution in [0.4, 0.5) is 0 Å². The Kier molecular flexibility index (Phi) is 7.08. The number of amides is 1. The number of fused-ring (bicyclic) bond motifs is 1. The predicted octanol–water partition coefficient (Wildman–Crippen LogP) is 6.80. The molecule has 5 rings (SSSR count). The van der Waals surface area contributed by atoms with E-state index in [0.717, 1.165) is 24.3 Å². The van der Waals surface area contributed by atoms with Gasteiger partial charge in [0, 0.05) is 28.3 Å². The van der Waals surface area contributed by atoms with Gasteiger partial charge in [0.05, 0.1) is 17.5 Å². The van der Waals surface area contributed by atoms with E-state index in [9.17, 15) is 14.7 Å². The minimum Gasteiger partial charge on any atom is -0.493 e. The molecular formula is C28H25Cl2NO5. The first-order valence-corrected chi connectivity index (χ1v) is 12.7. The molecule has 1 amide bonds. The van der Waals surface area contributed by atoms with Gasteiger partial charge in [-0.15, -0.1) is 0 Å². The second-order valence-corrected chi connectivity index (χ2v) is 10.1. The minimum absolute atomic E-state index is 0.122. The highest BCUT2D eigenvalue weighted by Gasteiger charge is 2.29. The molecule has 1 saturated carbocycles. The second kappa shape index (κ2) is 10.4.